The number of nitrogen functional groups attached to an aromatic ring is 1. The molecule has 10 heteroatoms. The predicted octanol–water partition coefficient (Wildman–Crippen LogP) is 2.74. The Labute approximate surface area is 200 Å². The number of fused-ring (bicyclic) bond motifs is 2. The van der Waals surface area contributed by atoms with Crippen molar-refractivity contribution in [2.75, 3.05) is 26.0 Å². The normalized spacial score (nSPS) is 15.7. The van der Waals surface area contributed by atoms with E-state index in [4.69, 9.17) is 15.2 Å². The molecule has 1 aliphatic rings. The maximum atomic E-state index is 13.2. The number of anilines is 1. The van der Waals surface area contributed by atoms with E-state index in [1.54, 1.807) is 30.5 Å². The SMILES string of the molecule is COC(=O)c1ccc(/C=N/n2c(N)c(C(=O)NCC3CCCO3)c3nc4ccccc4nc32)cc1. The van der Waals surface area contributed by atoms with Crippen molar-refractivity contribution >= 4 is 46.1 Å². The van der Waals surface area contributed by atoms with Gasteiger partial charge in [0, 0.05) is 13.2 Å². The van der Waals surface area contributed by atoms with Gasteiger partial charge in [0.15, 0.2) is 5.65 Å². The second kappa shape index (κ2) is 9.51. The number of para-hydroxylation sites is 2. The molecule has 0 saturated carbocycles. The minimum Gasteiger partial charge on any atom is -0.465 e. The molecule has 1 saturated heterocycles. The predicted molar refractivity (Wildman–Crippen MR) is 132 cm³/mol. The summed E-state index contributed by atoms with van der Waals surface area (Å²) in [7, 11) is 1.33. The zero-order valence-electron chi connectivity index (χ0n) is 19.1. The summed E-state index contributed by atoms with van der Waals surface area (Å²) in [5.74, 6) is -0.651. The Morgan fingerprint density at radius 1 is 1.20 bits per heavy atom. The van der Waals surface area contributed by atoms with E-state index in [2.05, 4.69) is 20.4 Å². The Bertz CT molecular complexity index is 1440. The number of benzene rings is 2. The van der Waals surface area contributed by atoms with Gasteiger partial charge in [0.1, 0.15) is 16.9 Å². The van der Waals surface area contributed by atoms with Gasteiger partial charge in [-0.05, 0) is 42.7 Å². The molecule has 1 amide bonds. The van der Waals surface area contributed by atoms with Crippen molar-refractivity contribution in [1.29, 1.82) is 0 Å². The van der Waals surface area contributed by atoms with Gasteiger partial charge >= 0.3 is 5.97 Å². The first-order valence-electron chi connectivity index (χ1n) is 11.2. The van der Waals surface area contributed by atoms with Gasteiger partial charge in [-0.15, -0.1) is 0 Å². The van der Waals surface area contributed by atoms with E-state index in [9.17, 15) is 9.59 Å². The quantitative estimate of drug-likeness (QED) is 0.325. The van der Waals surface area contributed by atoms with Crippen LogP contribution in [0.2, 0.25) is 0 Å². The maximum Gasteiger partial charge on any atom is 0.337 e. The number of ether oxygens (including phenoxy) is 2. The maximum absolute atomic E-state index is 13.2. The first-order valence-corrected chi connectivity index (χ1v) is 11.2. The lowest BCUT2D eigenvalue weighted by Crippen LogP contribution is -2.32. The Morgan fingerprint density at radius 2 is 1.94 bits per heavy atom. The zero-order chi connectivity index (χ0) is 24.4. The van der Waals surface area contributed by atoms with Gasteiger partial charge in [-0.3, -0.25) is 4.79 Å². The van der Waals surface area contributed by atoms with Gasteiger partial charge in [-0.25, -0.2) is 14.8 Å². The molecule has 2 aromatic heterocycles. The summed E-state index contributed by atoms with van der Waals surface area (Å²) in [4.78, 5) is 34.2. The molecule has 35 heavy (non-hydrogen) atoms. The molecule has 4 aromatic rings. The molecular formula is C25H24N6O4. The second-order valence-electron chi connectivity index (χ2n) is 8.16. The van der Waals surface area contributed by atoms with Crippen molar-refractivity contribution in [2.45, 2.75) is 18.9 Å². The number of esters is 1. The molecule has 3 heterocycles. The average Bonchev–Trinajstić information content (AvgIpc) is 3.50. The standard InChI is InChI=1S/C25H24N6O4/c1-34-25(33)16-10-8-15(9-11-16)13-28-31-22(26)20(24(32)27-14-17-5-4-12-35-17)21-23(31)30-19-7-3-2-6-18(19)29-21/h2-3,6-11,13,17H,4-5,12,14,26H2,1H3,(H,27,32)/b28-13+. The molecule has 10 nitrogen and oxygen atoms in total. The zero-order valence-corrected chi connectivity index (χ0v) is 19.1. The molecule has 0 aliphatic carbocycles. The number of nitrogens with zero attached hydrogens (tertiary/aromatic N) is 4. The van der Waals surface area contributed by atoms with E-state index in [0.717, 1.165) is 18.4 Å². The van der Waals surface area contributed by atoms with Crippen LogP contribution >= 0.6 is 0 Å². The summed E-state index contributed by atoms with van der Waals surface area (Å²) in [5.41, 5.74) is 9.82. The number of carbonyl (C=O) groups excluding carboxylic acids is 2. The highest BCUT2D eigenvalue weighted by Gasteiger charge is 2.25. The fourth-order valence-corrected chi connectivity index (χ4v) is 4.04. The highest BCUT2D eigenvalue weighted by Crippen LogP contribution is 2.28. The molecule has 1 atom stereocenters. The van der Waals surface area contributed by atoms with E-state index in [1.165, 1.54) is 11.8 Å². The minimum absolute atomic E-state index is 0.00794. The Kier molecular flexibility index (Phi) is 6.11. The molecule has 1 aliphatic heterocycles. The van der Waals surface area contributed by atoms with Gasteiger partial charge in [-0.1, -0.05) is 24.3 Å². The molecule has 3 N–H and O–H groups in total. The van der Waals surface area contributed by atoms with Crippen LogP contribution in [-0.4, -0.2) is 59.1 Å². The van der Waals surface area contributed by atoms with Crippen molar-refractivity contribution in [3.8, 4) is 0 Å². The number of hydrogen-bond acceptors (Lipinski definition) is 8. The number of rotatable bonds is 6. The third kappa shape index (κ3) is 4.43. The first-order chi connectivity index (χ1) is 17.0. The smallest absolute Gasteiger partial charge is 0.337 e. The topological polar surface area (TPSA) is 134 Å². The molecule has 0 bridgehead atoms. The van der Waals surface area contributed by atoms with Crippen molar-refractivity contribution < 1.29 is 19.1 Å². The Balaban J connectivity index is 1.53. The largest absolute Gasteiger partial charge is 0.465 e. The van der Waals surface area contributed by atoms with Crippen LogP contribution in [0, 0.1) is 0 Å². The number of hydrogen-bond donors (Lipinski definition) is 2. The average molecular weight is 473 g/mol. The van der Waals surface area contributed by atoms with Crippen LogP contribution in [0.3, 0.4) is 0 Å². The third-order valence-corrected chi connectivity index (χ3v) is 5.87. The van der Waals surface area contributed by atoms with Crippen LogP contribution in [0.4, 0.5) is 5.82 Å². The fourth-order valence-electron chi connectivity index (χ4n) is 4.04. The van der Waals surface area contributed by atoms with E-state index < -0.39 is 5.97 Å². The van der Waals surface area contributed by atoms with Crippen LogP contribution in [0.1, 0.15) is 39.1 Å². The van der Waals surface area contributed by atoms with Crippen molar-refractivity contribution in [3.05, 3.63) is 65.2 Å². The van der Waals surface area contributed by atoms with Crippen LogP contribution in [0.15, 0.2) is 53.6 Å². The van der Waals surface area contributed by atoms with E-state index in [0.29, 0.717) is 40.9 Å². The number of amides is 1. The highest BCUT2D eigenvalue weighted by molar-refractivity contribution is 6.10. The van der Waals surface area contributed by atoms with Crippen LogP contribution in [-0.2, 0) is 9.47 Å². The van der Waals surface area contributed by atoms with Gasteiger partial charge < -0.3 is 20.5 Å². The van der Waals surface area contributed by atoms with Gasteiger partial charge in [0.05, 0.1) is 36.0 Å². The fraction of sp³-hybridized carbons (Fsp3) is 0.240. The summed E-state index contributed by atoms with van der Waals surface area (Å²) < 4.78 is 11.7. The molecular weight excluding hydrogens is 448 g/mol. The third-order valence-electron chi connectivity index (χ3n) is 5.87. The van der Waals surface area contributed by atoms with Crippen LogP contribution in [0.25, 0.3) is 22.2 Å². The van der Waals surface area contributed by atoms with Gasteiger partial charge in [0.2, 0.25) is 0 Å². The summed E-state index contributed by atoms with van der Waals surface area (Å²) >= 11 is 0. The molecule has 2 aromatic carbocycles. The first kappa shape index (κ1) is 22.5. The molecule has 0 spiro atoms. The van der Waals surface area contributed by atoms with Gasteiger partial charge in [-0.2, -0.15) is 9.78 Å². The Hall–Kier alpha value is -4.31. The number of aromatic nitrogens is 3. The number of nitrogens with one attached hydrogen (secondary N) is 1. The summed E-state index contributed by atoms with van der Waals surface area (Å²) in [5, 5.41) is 7.40. The van der Waals surface area contributed by atoms with Crippen molar-refractivity contribution in [1.82, 2.24) is 20.0 Å². The van der Waals surface area contributed by atoms with Crippen LogP contribution < -0.4 is 11.1 Å². The van der Waals surface area contributed by atoms with Gasteiger partial charge in [0.25, 0.3) is 5.91 Å². The molecule has 1 unspecified atom stereocenters. The van der Waals surface area contributed by atoms with Crippen LogP contribution in [0.5, 0.6) is 0 Å². The van der Waals surface area contributed by atoms with E-state index in [-0.39, 0.29) is 23.4 Å². The summed E-state index contributed by atoms with van der Waals surface area (Å²) in [6.07, 6.45) is 3.45. The summed E-state index contributed by atoms with van der Waals surface area (Å²) in [6.45, 7) is 1.09. The monoisotopic (exact) mass is 472 g/mol. The molecule has 5 rings (SSSR count). The lowest BCUT2D eigenvalue weighted by Gasteiger charge is -2.10. The Morgan fingerprint density at radius 3 is 2.63 bits per heavy atom. The number of carbonyl (C=O) groups is 2. The molecule has 0 radical (unpaired) electrons. The number of methoxy groups -OCH3 is 1. The molecule has 178 valence electrons. The summed E-state index contributed by atoms with van der Waals surface area (Å²) in [6, 6.07) is 14.1. The second-order valence-corrected chi connectivity index (χ2v) is 8.16. The number of nitrogens with two attached hydrogens (primary N) is 1. The van der Waals surface area contributed by atoms with E-state index in [1.807, 2.05) is 24.3 Å². The highest BCUT2D eigenvalue weighted by atomic mass is 16.5. The minimum atomic E-state index is -0.421. The lowest BCUT2D eigenvalue weighted by molar-refractivity contribution is 0.0600. The lowest BCUT2D eigenvalue weighted by atomic mass is 10.1. The van der Waals surface area contributed by atoms with Crippen molar-refractivity contribution in [3.63, 3.8) is 0 Å². The molecule has 1 fully saturated rings. The van der Waals surface area contributed by atoms with E-state index >= 15 is 0 Å². The van der Waals surface area contributed by atoms with Crippen molar-refractivity contribution in [2.24, 2.45) is 5.10 Å².